The predicted octanol–water partition coefficient (Wildman–Crippen LogP) is 3.74. The molecule has 0 saturated carbocycles. The summed E-state index contributed by atoms with van der Waals surface area (Å²) < 4.78 is 29.6. The SMILES string of the molecule is O=C(OC(=O)c1ccsc1C(F)F)c1ccsc1. The minimum Gasteiger partial charge on any atom is -0.386 e. The lowest BCUT2D eigenvalue weighted by molar-refractivity contribution is 0.0393. The molecule has 2 rings (SSSR count). The van der Waals surface area contributed by atoms with Crippen LogP contribution >= 0.6 is 22.7 Å². The van der Waals surface area contributed by atoms with Crippen molar-refractivity contribution in [1.82, 2.24) is 0 Å². The first-order valence-corrected chi connectivity index (χ1v) is 6.56. The van der Waals surface area contributed by atoms with Crippen LogP contribution in [-0.4, -0.2) is 11.9 Å². The average molecular weight is 288 g/mol. The Morgan fingerprint density at radius 1 is 1.17 bits per heavy atom. The van der Waals surface area contributed by atoms with E-state index < -0.39 is 23.2 Å². The average Bonchev–Trinajstić information content (AvgIpc) is 3.00. The highest BCUT2D eigenvalue weighted by molar-refractivity contribution is 7.10. The fraction of sp³-hybridized carbons (Fsp3) is 0.0909. The minimum absolute atomic E-state index is 0.224. The lowest BCUT2D eigenvalue weighted by Gasteiger charge is -2.02. The Balaban J connectivity index is 2.13. The second-order valence-electron chi connectivity index (χ2n) is 3.19. The maximum atomic E-state index is 12.6. The molecule has 0 unspecified atom stereocenters. The third-order valence-corrected chi connectivity index (χ3v) is 3.66. The fourth-order valence-corrected chi connectivity index (χ4v) is 2.59. The van der Waals surface area contributed by atoms with E-state index in [1.165, 1.54) is 34.2 Å². The van der Waals surface area contributed by atoms with Gasteiger partial charge in [-0.25, -0.2) is 18.4 Å². The normalized spacial score (nSPS) is 10.6. The summed E-state index contributed by atoms with van der Waals surface area (Å²) in [6.07, 6.45) is -2.76. The number of halogens is 2. The molecule has 2 aromatic heterocycles. The van der Waals surface area contributed by atoms with Gasteiger partial charge in [0.25, 0.3) is 6.43 Å². The minimum atomic E-state index is -2.76. The molecule has 0 aliphatic carbocycles. The summed E-state index contributed by atoms with van der Waals surface area (Å²) in [5, 5.41) is 4.51. The zero-order valence-electron chi connectivity index (χ0n) is 8.76. The van der Waals surface area contributed by atoms with E-state index in [1.807, 2.05) is 0 Å². The molecular weight excluding hydrogens is 282 g/mol. The molecule has 0 bridgehead atoms. The fourth-order valence-electron chi connectivity index (χ4n) is 1.24. The Morgan fingerprint density at radius 2 is 1.94 bits per heavy atom. The van der Waals surface area contributed by atoms with E-state index in [0.717, 1.165) is 11.3 Å². The lowest BCUT2D eigenvalue weighted by atomic mass is 10.2. The van der Waals surface area contributed by atoms with E-state index in [-0.39, 0.29) is 11.1 Å². The molecular formula is C11H6F2O3S2. The molecule has 0 amide bonds. The first-order valence-electron chi connectivity index (χ1n) is 4.74. The molecule has 0 atom stereocenters. The first-order chi connectivity index (χ1) is 8.59. The molecule has 2 aromatic rings. The van der Waals surface area contributed by atoms with Crippen LogP contribution in [0.25, 0.3) is 0 Å². The number of carbonyl (C=O) groups is 2. The van der Waals surface area contributed by atoms with Crippen molar-refractivity contribution in [2.45, 2.75) is 6.43 Å². The van der Waals surface area contributed by atoms with Gasteiger partial charge in [0.2, 0.25) is 0 Å². The molecule has 0 spiro atoms. The second kappa shape index (κ2) is 5.36. The molecule has 0 saturated heterocycles. The standard InChI is InChI=1S/C11H6F2O3S2/c12-9(13)8-7(2-4-18-8)11(15)16-10(14)6-1-3-17-5-6/h1-5,9H. The van der Waals surface area contributed by atoms with Crippen LogP contribution in [0.3, 0.4) is 0 Å². The number of thiophene rings is 2. The highest BCUT2D eigenvalue weighted by Crippen LogP contribution is 2.29. The molecule has 0 aliphatic heterocycles. The Hall–Kier alpha value is -1.60. The van der Waals surface area contributed by atoms with Crippen LogP contribution in [0.2, 0.25) is 0 Å². The molecule has 94 valence electrons. The van der Waals surface area contributed by atoms with E-state index in [2.05, 4.69) is 4.74 Å². The van der Waals surface area contributed by atoms with Crippen molar-refractivity contribution in [3.63, 3.8) is 0 Å². The van der Waals surface area contributed by atoms with Crippen molar-refractivity contribution in [2.24, 2.45) is 0 Å². The van der Waals surface area contributed by atoms with Gasteiger partial charge in [-0.2, -0.15) is 11.3 Å². The molecule has 0 N–H and O–H groups in total. The highest BCUT2D eigenvalue weighted by atomic mass is 32.1. The van der Waals surface area contributed by atoms with Crippen LogP contribution in [0.15, 0.2) is 28.3 Å². The number of hydrogen-bond donors (Lipinski definition) is 0. The van der Waals surface area contributed by atoms with Gasteiger partial charge in [0.15, 0.2) is 0 Å². The molecule has 2 heterocycles. The van der Waals surface area contributed by atoms with Crippen LogP contribution in [0.1, 0.15) is 32.0 Å². The summed E-state index contributed by atoms with van der Waals surface area (Å²) in [7, 11) is 0. The molecule has 0 fully saturated rings. The smallest absolute Gasteiger partial charge is 0.347 e. The van der Waals surface area contributed by atoms with Gasteiger partial charge in [-0.15, -0.1) is 11.3 Å². The highest BCUT2D eigenvalue weighted by Gasteiger charge is 2.23. The number of carbonyl (C=O) groups excluding carboxylic acids is 2. The van der Waals surface area contributed by atoms with Crippen LogP contribution in [0.5, 0.6) is 0 Å². The van der Waals surface area contributed by atoms with Gasteiger partial charge in [0, 0.05) is 5.38 Å². The van der Waals surface area contributed by atoms with E-state index >= 15 is 0 Å². The van der Waals surface area contributed by atoms with Crippen molar-refractivity contribution in [1.29, 1.82) is 0 Å². The van der Waals surface area contributed by atoms with Gasteiger partial charge >= 0.3 is 11.9 Å². The summed E-state index contributed by atoms with van der Waals surface area (Å²) in [4.78, 5) is 22.7. The number of ether oxygens (including phenoxy) is 1. The largest absolute Gasteiger partial charge is 0.386 e. The zero-order chi connectivity index (χ0) is 13.1. The van der Waals surface area contributed by atoms with E-state index in [4.69, 9.17) is 0 Å². The van der Waals surface area contributed by atoms with Gasteiger partial charge in [-0.3, -0.25) is 0 Å². The van der Waals surface area contributed by atoms with Crippen LogP contribution in [0.4, 0.5) is 8.78 Å². The van der Waals surface area contributed by atoms with Crippen LogP contribution in [-0.2, 0) is 4.74 Å². The lowest BCUT2D eigenvalue weighted by Crippen LogP contribution is -2.12. The van der Waals surface area contributed by atoms with Gasteiger partial charge in [0.1, 0.15) is 0 Å². The van der Waals surface area contributed by atoms with Crippen molar-refractivity contribution in [2.75, 3.05) is 0 Å². The Labute approximate surface area is 109 Å². The Morgan fingerprint density at radius 3 is 2.56 bits per heavy atom. The number of hydrogen-bond acceptors (Lipinski definition) is 5. The molecule has 0 aromatic carbocycles. The molecule has 3 nitrogen and oxygen atoms in total. The zero-order valence-corrected chi connectivity index (χ0v) is 10.4. The molecule has 0 radical (unpaired) electrons. The molecule has 18 heavy (non-hydrogen) atoms. The van der Waals surface area contributed by atoms with Crippen molar-refractivity contribution >= 4 is 34.6 Å². The van der Waals surface area contributed by atoms with Gasteiger partial charge in [0.05, 0.1) is 16.0 Å². The third-order valence-electron chi connectivity index (χ3n) is 2.06. The summed E-state index contributed by atoms with van der Waals surface area (Å²) >= 11 is 2.02. The van der Waals surface area contributed by atoms with E-state index in [9.17, 15) is 18.4 Å². The topological polar surface area (TPSA) is 43.4 Å². The van der Waals surface area contributed by atoms with Crippen LogP contribution in [0, 0.1) is 0 Å². The number of esters is 2. The monoisotopic (exact) mass is 288 g/mol. The second-order valence-corrected chi connectivity index (χ2v) is 4.92. The van der Waals surface area contributed by atoms with Crippen molar-refractivity contribution in [3.05, 3.63) is 44.3 Å². The van der Waals surface area contributed by atoms with Crippen LogP contribution < -0.4 is 0 Å². The first kappa shape index (κ1) is 12.8. The van der Waals surface area contributed by atoms with Gasteiger partial charge in [-0.1, -0.05) is 0 Å². The predicted molar refractivity (Wildman–Crippen MR) is 63.3 cm³/mol. The van der Waals surface area contributed by atoms with Crippen molar-refractivity contribution in [3.8, 4) is 0 Å². The maximum Gasteiger partial charge on any atom is 0.347 e. The van der Waals surface area contributed by atoms with Gasteiger partial charge in [-0.05, 0) is 22.9 Å². The Kier molecular flexibility index (Phi) is 3.83. The number of alkyl halides is 2. The third kappa shape index (κ3) is 2.62. The van der Waals surface area contributed by atoms with E-state index in [1.54, 1.807) is 5.38 Å². The summed E-state index contributed by atoms with van der Waals surface area (Å²) in [6.45, 7) is 0. The van der Waals surface area contributed by atoms with Crippen molar-refractivity contribution < 1.29 is 23.1 Å². The summed E-state index contributed by atoms with van der Waals surface area (Å²) in [5.41, 5.74) is -0.0410. The maximum absolute atomic E-state index is 12.6. The summed E-state index contributed by atoms with van der Waals surface area (Å²) in [6, 6.07) is 2.71. The number of rotatable bonds is 3. The summed E-state index contributed by atoms with van der Waals surface area (Å²) in [5.74, 6) is -1.89. The quantitative estimate of drug-likeness (QED) is 0.638. The van der Waals surface area contributed by atoms with E-state index in [0.29, 0.717) is 0 Å². The van der Waals surface area contributed by atoms with Gasteiger partial charge < -0.3 is 4.74 Å². The Bertz CT molecular complexity index is 561. The molecule has 7 heteroatoms. The molecule has 0 aliphatic rings.